The van der Waals surface area contributed by atoms with Crippen LogP contribution in [0.25, 0.3) is 16.5 Å². The van der Waals surface area contributed by atoms with Gasteiger partial charge in [0, 0.05) is 17.0 Å². The molecule has 0 fully saturated rings. The maximum Gasteiger partial charge on any atom is 0.132 e. The van der Waals surface area contributed by atoms with Gasteiger partial charge in [0.15, 0.2) is 0 Å². The summed E-state index contributed by atoms with van der Waals surface area (Å²) in [6.45, 7) is 0. The van der Waals surface area contributed by atoms with E-state index in [4.69, 9.17) is 0 Å². The van der Waals surface area contributed by atoms with Gasteiger partial charge in [-0.1, -0.05) is 36.4 Å². The number of aliphatic hydroxyl groups is 1. The Kier molecular flexibility index (Phi) is 1.10. The van der Waals surface area contributed by atoms with Crippen LogP contribution in [0.3, 0.4) is 0 Å². The van der Waals surface area contributed by atoms with Gasteiger partial charge >= 0.3 is 0 Å². The Bertz CT molecular complexity index is 518. The molecule has 1 radical (unpaired) electrons. The van der Waals surface area contributed by atoms with Crippen molar-refractivity contribution in [2.75, 3.05) is 0 Å². The summed E-state index contributed by atoms with van der Waals surface area (Å²) >= 11 is 0. The lowest BCUT2D eigenvalue weighted by molar-refractivity contribution is 0.512. The molecule has 0 spiro atoms. The van der Waals surface area contributed by atoms with E-state index in [0.29, 0.717) is 0 Å². The molecule has 1 nitrogen and oxygen atoms in total. The van der Waals surface area contributed by atoms with Crippen molar-refractivity contribution in [3.63, 3.8) is 0 Å². The normalized spacial score (nSPS) is 13.4. The fourth-order valence-electron chi connectivity index (χ4n) is 1.84. The number of aliphatic hydroxyl groups excluding tert-OH is 1. The highest BCUT2D eigenvalue weighted by molar-refractivity contribution is 5.99. The Morgan fingerprint density at radius 1 is 1.00 bits per heavy atom. The summed E-state index contributed by atoms with van der Waals surface area (Å²) in [4.78, 5) is 0. The molecular formula is C12H7O. The fourth-order valence-corrected chi connectivity index (χ4v) is 1.84. The Balaban J connectivity index is 2.59. The zero-order valence-electron chi connectivity index (χ0n) is 6.91. The van der Waals surface area contributed by atoms with Crippen molar-refractivity contribution in [2.45, 2.75) is 0 Å². The lowest BCUT2D eigenvalue weighted by Gasteiger charge is -2.00. The molecule has 13 heavy (non-hydrogen) atoms. The van der Waals surface area contributed by atoms with Crippen molar-refractivity contribution in [1.82, 2.24) is 0 Å². The second-order valence-corrected chi connectivity index (χ2v) is 3.18. The number of hydrogen-bond donors (Lipinski definition) is 1. The van der Waals surface area contributed by atoms with Crippen molar-refractivity contribution < 1.29 is 5.11 Å². The van der Waals surface area contributed by atoms with E-state index in [1.54, 1.807) is 0 Å². The van der Waals surface area contributed by atoms with Crippen molar-refractivity contribution >= 4 is 16.5 Å². The molecular weight excluding hydrogens is 160 g/mol. The van der Waals surface area contributed by atoms with Gasteiger partial charge in [0.05, 0.1) is 0 Å². The predicted molar refractivity (Wildman–Crippen MR) is 52.3 cm³/mol. The van der Waals surface area contributed by atoms with Gasteiger partial charge in [0.25, 0.3) is 0 Å². The summed E-state index contributed by atoms with van der Waals surface area (Å²) in [6.07, 6.45) is 2.94. The lowest BCUT2D eigenvalue weighted by atomic mass is 10.0. The third-order valence-electron chi connectivity index (χ3n) is 2.41. The van der Waals surface area contributed by atoms with E-state index >= 15 is 0 Å². The molecule has 2 aromatic carbocycles. The molecule has 2 aromatic rings. The van der Waals surface area contributed by atoms with E-state index in [0.717, 1.165) is 21.9 Å². The monoisotopic (exact) mass is 167 g/mol. The van der Waals surface area contributed by atoms with Crippen LogP contribution in [0, 0.1) is 6.08 Å². The molecule has 0 atom stereocenters. The molecule has 1 aliphatic rings. The molecule has 0 aromatic heterocycles. The van der Waals surface area contributed by atoms with Crippen LogP contribution >= 0.6 is 0 Å². The first-order valence-corrected chi connectivity index (χ1v) is 4.21. The van der Waals surface area contributed by atoms with E-state index < -0.39 is 0 Å². The van der Waals surface area contributed by atoms with Crippen LogP contribution < -0.4 is 0 Å². The summed E-state index contributed by atoms with van der Waals surface area (Å²) < 4.78 is 0. The first-order chi connectivity index (χ1) is 6.36. The summed E-state index contributed by atoms with van der Waals surface area (Å²) in [5.41, 5.74) is 1.89. The van der Waals surface area contributed by atoms with E-state index in [1.165, 1.54) is 0 Å². The average Bonchev–Trinajstić information content (AvgIpc) is 2.47. The predicted octanol–water partition coefficient (Wildman–Crippen LogP) is 2.90. The largest absolute Gasteiger partial charge is 0.507 e. The SMILES string of the molecule is OC1=[C]c2cccc3cccc1c23. The number of hydrogen-bond acceptors (Lipinski definition) is 1. The third kappa shape index (κ3) is 0.760. The summed E-state index contributed by atoms with van der Waals surface area (Å²) in [7, 11) is 0. The summed E-state index contributed by atoms with van der Waals surface area (Å²) in [5, 5.41) is 11.8. The molecule has 0 heterocycles. The number of rotatable bonds is 0. The van der Waals surface area contributed by atoms with Crippen molar-refractivity contribution in [2.24, 2.45) is 0 Å². The van der Waals surface area contributed by atoms with Crippen molar-refractivity contribution in [3.05, 3.63) is 53.6 Å². The molecule has 0 aliphatic heterocycles. The van der Waals surface area contributed by atoms with Gasteiger partial charge in [-0.05, 0) is 10.9 Å². The molecule has 3 rings (SSSR count). The first kappa shape index (κ1) is 6.72. The van der Waals surface area contributed by atoms with Crippen LogP contribution in [0.4, 0.5) is 0 Å². The smallest absolute Gasteiger partial charge is 0.132 e. The van der Waals surface area contributed by atoms with Gasteiger partial charge in [-0.15, -0.1) is 0 Å². The summed E-state index contributed by atoms with van der Waals surface area (Å²) in [6, 6.07) is 11.9. The molecule has 0 amide bonds. The third-order valence-corrected chi connectivity index (χ3v) is 2.41. The maximum absolute atomic E-state index is 9.57. The van der Waals surface area contributed by atoms with Gasteiger partial charge in [-0.3, -0.25) is 0 Å². The Labute approximate surface area is 75.9 Å². The fraction of sp³-hybridized carbons (Fsp3) is 0. The minimum absolute atomic E-state index is 0.256. The van der Waals surface area contributed by atoms with Gasteiger partial charge < -0.3 is 5.11 Å². The van der Waals surface area contributed by atoms with Crippen LogP contribution in [0.15, 0.2) is 36.4 Å². The summed E-state index contributed by atoms with van der Waals surface area (Å²) in [5.74, 6) is 0.256. The number of benzene rings is 2. The minimum Gasteiger partial charge on any atom is -0.507 e. The minimum atomic E-state index is 0.256. The quantitative estimate of drug-likeness (QED) is 0.639. The van der Waals surface area contributed by atoms with Crippen LogP contribution in [-0.2, 0) is 0 Å². The van der Waals surface area contributed by atoms with E-state index in [-0.39, 0.29) is 5.76 Å². The van der Waals surface area contributed by atoms with Gasteiger partial charge in [0.2, 0.25) is 0 Å². The Morgan fingerprint density at radius 3 is 2.62 bits per heavy atom. The molecule has 1 N–H and O–H groups in total. The highest BCUT2D eigenvalue weighted by Crippen LogP contribution is 2.32. The maximum atomic E-state index is 9.57. The molecule has 0 unspecified atom stereocenters. The van der Waals surface area contributed by atoms with E-state index in [9.17, 15) is 5.11 Å². The molecule has 1 aliphatic carbocycles. The Morgan fingerprint density at radius 2 is 1.77 bits per heavy atom. The van der Waals surface area contributed by atoms with Crippen LogP contribution in [0.1, 0.15) is 11.1 Å². The topological polar surface area (TPSA) is 20.2 Å². The average molecular weight is 167 g/mol. The van der Waals surface area contributed by atoms with Gasteiger partial charge in [-0.25, -0.2) is 0 Å². The highest BCUT2D eigenvalue weighted by Gasteiger charge is 2.14. The second kappa shape index (κ2) is 2.13. The molecule has 0 saturated heterocycles. The van der Waals surface area contributed by atoms with Crippen LogP contribution in [-0.4, -0.2) is 5.11 Å². The highest BCUT2D eigenvalue weighted by atomic mass is 16.3. The van der Waals surface area contributed by atoms with Crippen molar-refractivity contribution in [1.29, 1.82) is 0 Å². The molecule has 1 heteroatoms. The van der Waals surface area contributed by atoms with E-state index in [2.05, 4.69) is 6.08 Å². The van der Waals surface area contributed by atoms with Gasteiger partial charge in [0.1, 0.15) is 5.76 Å². The molecule has 0 bridgehead atoms. The zero-order chi connectivity index (χ0) is 8.84. The zero-order valence-corrected chi connectivity index (χ0v) is 6.91. The van der Waals surface area contributed by atoms with Crippen LogP contribution in [0.5, 0.6) is 0 Å². The first-order valence-electron chi connectivity index (χ1n) is 4.21. The lowest BCUT2D eigenvalue weighted by Crippen LogP contribution is -1.79. The Hall–Kier alpha value is -1.76. The van der Waals surface area contributed by atoms with Gasteiger partial charge in [-0.2, -0.15) is 0 Å². The molecule has 61 valence electrons. The van der Waals surface area contributed by atoms with Crippen LogP contribution in [0.2, 0.25) is 0 Å². The van der Waals surface area contributed by atoms with E-state index in [1.807, 2.05) is 36.4 Å². The molecule has 0 saturated carbocycles. The second-order valence-electron chi connectivity index (χ2n) is 3.18. The standard InChI is InChI=1S/C12H7O/c13-11-7-9-5-1-3-8-4-2-6-10(11)12(8)9/h1-6,13H. The van der Waals surface area contributed by atoms with Crippen molar-refractivity contribution in [3.8, 4) is 0 Å².